The van der Waals surface area contributed by atoms with E-state index in [4.69, 9.17) is 4.74 Å². The summed E-state index contributed by atoms with van der Waals surface area (Å²) in [6, 6.07) is 17.1. The lowest BCUT2D eigenvalue weighted by Crippen LogP contribution is -2.47. The summed E-state index contributed by atoms with van der Waals surface area (Å²) in [7, 11) is 0. The second kappa shape index (κ2) is 10.6. The molecule has 3 rings (SSSR count). The van der Waals surface area contributed by atoms with Crippen LogP contribution in [0.5, 0.6) is 5.75 Å². The van der Waals surface area contributed by atoms with Crippen molar-refractivity contribution in [3.05, 3.63) is 65.2 Å². The van der Waals surface area contributed by atoms with Crippen molar-refractivity contribution in [2.45, 2.75) is 20.3 Å². The number of aryl methyl sites for hydroxylation is 1. The van der Waals surface area contributed by atoms with Crippen LogP contribution in [-0.2, 0) is 6.42 Å². The standard InChI is InChI=1S/C22H30N2O.ClH/c1-3-23-11-13-24(14-12-23)15-16-25-22-10-9-19(2)17-21(22)18-20-7-5-4-6-8-20;/h4-10,17H,3,11-16,18H2,1-2H3;1H. The van der Waals surface area contributed by atoms with Crippen LogP contribution in [0, 0.1) is 6.92 Å². The van der Waals surface area contributed by atoms with E-state index in [1.54, 1.807) is 0 Å². The molecular formula is C22H31ClN2O. The Hall–Kier alpha value is -1.55. The van der Waals surface area contributed by atoms with Gasteiger partial charge in [-0.1, -0.05) is 55.0 Å². The number of benzene rings is 2. The van der Waals surface area contributed by atoms with Gasteiger partial charge in [0.2, 0.25) is 0 Å². The van der Waals surface area contributed by atoms with Crippen molar-refractivity contribution in [2.24, 2.45) is 0 Å². The number of nitrogens with zero attached hydrogens (tertiary/aromatic N) is 2. The number of hydrogen-bond acceptors (Lipinski definition) is 3. The molecule has 0 N–H and O–H groups in total. The molecule has 0 aliphatic carbocycles. The van der Waals surface area contributed by atoms with Crippen molar-refractivity contribution < 1.29 is 4.74 Å². The van der Waals surface area contributed by atoms with Gasteiger partial charge in [0.1, 0.15) is 12.4 Å². The number of hydrogen-bond donors (Lipinski definition) is 0. The van der Waals surface area contributed by atoms with Crippen molar-refractivity contribution in [1.29, 1.82) is 0 Å². The van der Waals surface area contributed by atoms with Gasteiger partial charge in [0, 0.05) is 39.1 Å². The molecule has 1 saturated heterocycles. The molecule has 1 aliphatic heterocycles. The molecule has 0 unspecified atom stereocenters. The van der Waals surface area contributed by atoms with Crippen LogP contribution in [0.3, 0.4) is 0 Å². The summed E-state index contributed by atoms with van der Waals surface area (Å²) in [6.45, 7) is 12.0. The third-order valence-corrected chi connectivity index (χ3v) is 5.03. The minimum atomic E-state index is 0. The predicted molar refractivity (Wildman–Crippen MR) is 112 cm³/mol. The van der Waals surface area contributed by atoms with Crippen molar-refractivity contribution in [3.8, 4) is 5.75 Å². The van der Waals surface area contributed by atoms with Gasteiger partial charge in [-0.15, -0.1) is 12.4 Å². The van der Waals surface area contributed by atoms with Crippen molar-refractivity contribution in [2.75, 3.05) is 45.9 Å². The molecule has 0 radical (unpaired) electrons. The monoisotopic (exact) mass is 374 g/mol. The highest BCUT2D eigenvalue weighted by molar-refractivity contribution is 5.85. The smallest absolute Gasteiger partial charge is 0.122 e. The Morgan fingerprint density at radius 2 is 1.62 bits per heavy atom. The number of halogens is 1. The Kier molecular flexibility index (Phi) is 8.43. The molecule has 2 aromatic rings. The molecule has 1 fully saturated rings. The third-order valence-electron chi connectivity index (χ3n) is 5.03. The summed E-state index contributed by atoms with van der Waals surface area (Å²) in [5, 5.41) is 0. The van der Waals surface area contributed by atoms with E-state index in [-0.39, 0.29) is 12.4 Å². The van der Waals surface area contributed by atoms with E-state index < -0.39 is 0 Å². The highest BCUT2D eigenvalue weighted by atomic mass is 35.5. The first-order chi connectivity index (χ1) is 12.2. The molecule has 0 spiro atoms. The van der Waals surface area contributed by atoms with Crippen LogP contribution in [0.1, 0.15) is 23.6 Å². The fourth-order valence-electron chi connectivity index (χ4n) is 3.42. The Morgan fingerprint density at radius 1 is 0.923 bits per heavy atom. The maximum Gasteiger partial charge on any atom is 0.122 e. The fraction of sp³-hybridized carbons (Fsp3) is 0.455. The van der Waals surface area contributed by atoms with E-state index in [0.29, 0.717) is 0 Å². The van der Waals surface area contributed by atoms with Crippen LogP contribution < -0.4 is 4.74 Å². The topological polar surface area (TPSA) is 15.7 Å². The molecule has 1 aliphatic rings. The van der Waals surface area contributed by atoms with Crippen LogP contribution in [0.4, 0.5) is 0 Å². The van der Waals surface area contributed by atoms with Crippen LogP contribution >= 0.6 is 12.4 Å². The first-order valence-corrected chi connectivity index (χ1v) is 9.45. The Morgan fingerprint density at radius 3 is 2.31 bits per heavy atom. The largest absolute Gasteiger partial charge is 0.492 e. The molecule has 3 nitrogen and oxygen atoms in total. The van der Waals surface area contributed by atoms with E-state index in [1.165, 1.54) is 29.8 Å². The zero-order chi connectivity index (χ0) is 17.5. The molecule has 142 valence electrons. The van der Waals surface area contributed by atoms with Gasteiger partial charge in [-0.2, -0.15) is 0 Å². The second-order valence-corrected chi connectivity index (χ2v) is 6.90. The lowest BCUT2D eigenvalue weighted by atomic mass is 10.0. The molecule has 2 aromatic carbocycles. The summed E-state index contributed by atoms with van der Waals surface area (Å²) in [5.41, 5.74) is 3.89. The molecular weight excluding hydrogens is 344 g/mol. The molecule has 0 aromatic heterocycles. The summed E-state index contributed by atoms with van der Waals surface area (Å²) < 4.78 is 6.16. The van der Waals surface area contributed by atoms with Gasteiger partial charge in [0.15, 0.2) is 0 Å². The van der Waals surface area contributed by atoms with Crippen LogP contribution in [0.25, 0.3) is 0 Å². The number of ether oxygens (including phenoxy) is 1. The number of likely N-dealkylation sites (N-methyl/N-ethyl adjacent to an activating group) is 1. The minimum Gasteiger partial charge on any atom is -0.492 e. The predicted octanol–water partition coefficient (Wildman–Crippen LogP) is 4.02. The van der Waals surface area contributed by atoms with E-state index in [1.807, 2.05) is 0 Å². The van der Waals surface area contributed by atoms with Gasteiger partial charge < -0.3 is 9.64 Å². The first-order valence-electron chi connectivity index (χ1n) is 9.45. The SMILES string of the molecule is CCN1CCN(CCOc2ccc(C)cc2Cc2ccccc2)CC1.Cl. The summed E-state index contributed by atoms with van der Waals surface area (Å²) in [5.74, 6) is 1.03. The zero-order valence-corrected chi connectivity index (χ0v) is 16.8. The quantitative estimate of drug-likeness (QED) is 0.727. The average molecular weight is 375 g/mol. The molecule has 26 heavy (non-hydrogen) atoms. The highest BCUT2D eigenvalue weighted by Gasteiger charge is 2.15. The molecule has 0 atom stereocenters. The summed E-state index contributed by atoms with van der Waals surface area (Å²) >= 11 is 0. The summed E-state index contributed by atoms with van der Waals surface area (Å²) in [6.07, 6.45) is 0.924. The number of piperazine rings is 1. The normalized spacial score (nSPS) is 15.5. The van der Waals surface area contributed by atoms with Gasteiger partial charge in [0.05, 0.1) is 0 Å². The van der Waals surface area contributed by atoms with Crippen molar-refractivity contribution in [1.82, 2.24) is 9.80 Å². The molecule has 4 heteroatoms. The second-order valence-electron chi connectivity index (χ2n) is 6.90. The van der Waals surface area contributed by atoms with Gasteiger partial charge in [0.25, 0.3) is 0 Å². The maximum absolute atomic E-state index is 6.16. The van der Waals surface area contributed by atoms with Crippen molar-refractivity contribution in [3.63, 3.8) is 0 Å². The third kappa shape index (κ3) is 6.01. The highest BCUT2D eigenvalue weighted by Crippen LogP contribution is 2.23. The Labute approximate surface area is 164 Å². The fourth-order valence-corrected chi connectivity index (χ4v) is 3.42. The zero-order valence-electron chi connectivity index (χ0n) is 16.0. The minimum absolute atomic E-state index is 0. The van der Waals surface area contributed by atoms with Gasteiger partial charge in [-0.05, 0) is 30.7 Å². The van der Waals surface area contributed by atoms with E-state index in [0.717, 1.165) is 45.0 Å². The summed E-state index contributed by atoms with van der Waals surface area (Å²) in [4.78, 5) is 5.02. The first kappa shape index (κ1) is 20.8. The Bertz CT molecular complexity index is 654. The van der Waals surface area contributed by atoms with E-state index in [9.17, 15) is 0 Å². The molecule has 0 bridgehead atoms. The maximum atomic E-state index is 6.16. The molecule has 0 amide bonds. The lowest BCUT2D eigenvalue weighted by Gasteiger charge is -2.33. The van der Waals surface area contributed by atoms with Crippen molar-refractivity contribution >= 4 is 12.4 Å². The van der Waals surface area contributed by atoms with Crippen LogP contribution in [0.15, 0.2) is 48.5 Å². The van der Waals surface area contributed by atoms with Gasteiger partial charge >= 0.3 is 0 Å². The molecule has 0 saturated carbocycles. The van der Waals surface area contributed by atoms with Crippen LogP contribution in [0.2, 0.25) is 0 Å². The van der Waals surface area contributed by atoms with Gasteiger partial charge in [-0.3, -0.25) is 4.90 Å². The Balaban J connectivity index is 0.00000243. The van der Waals surface area contributed by atoms with Crippen LogP contribution in [-0.4, -0.2) is 55.7 Å². The average Bonchev–Trinajstić information content (AvgIpc) is 2.65. The molecule has 1 heterocycles. The van der Waals surface area contributed by atoms with Gasteiger partial charge in [-0.25, -0.2) is 0 Å². The van der Waals surface area contributed by atoms with E-state index in [2.05, 4.69) is 72.2 Å². The number of rotatable bonds is 7. The lowest BCUT2D eigenvalue weighted by molar-refractivity contribution is 0.120. The van der Waals surface area contributed by atoms with E-state index >= 15 is 0 Å².